The third-order valence-electron chi connectivity index (χ3n) is 2.63. The van der Waals surface area contributed by atoms with Gasteiger partial charge in [0.05, 0.1) is 6.20 Å². The standard InChI is InChI=1S/C13H10BrN5O/c1-15-11-10(17-9(14)7-16-11)13-19-18-12(20-13)8-5-3-2-4-6-8/h2-7H,1H3,(H,15,16). The van der Waals surface area contributed by atoms with Crippen LogP contribution in [0.5, 0.6) is 0 Å². The Morgan fingerprint density at radius 1 is 1.10 bits per heavy atom. The van der Waals surface area contributed by atoms with Crippen LogP contribution in [0.2, 0.25) is 0 Å². The molecule has 0 bridgehead atoms. The minimum absolute atomic E-state index is 0.321. The Morgan fingerprint density at radius 2 is 1.85 bits per heavy atom. The first-order valence-corrected chi connectivity index (χ1v) is 6.67. The summed E-state index contributed by atoms with van der Waals surface area (Å²) in [6.07, 6.45) is 1.60. The van der Waals surface area contributed by atoms with E-state index in [0.29, 0.717) is 27.9 Å². The minimum atomic E-state index is 0.321. The van der Waals surface area contributed by atoms with E-state index in [1.165, 1.54) is 0 Å². The summed E-state index contributed by atoms with van der Waals surface area (Å²) in [4.78, 5) is 8.52. The SMILES string of the molecule is CNc1ncc(Br)nc1-c1nnc(-c2ccccc2)o1. The maximum atomic E-state index is 5.67. The van der Waals surface area contributed by atoms with E-state index in [4.69, 9.17) is 4.42 Å². The first-order chi connectivity index (χ1) is 9.78. The highest BCUT2D eigenvalue weighted by molar-refractivity contribution is 9.10. The molecule has 0 aliphatic carbocycles. The molecular formula is C13H10BrN5O. The molecule has 0 fully saturated rings. The minimum Gasteiger partial charge on any atom is -0.414 e. The summed E-state index contributed by atoms with van der Waals surface area (Å²) >= 11 is 3.28. The molecule has 0 unspecified atom stereocenters. The van der Waals surface area contributed by atoms with Crippen LogP contribution in [0.25, 0.3) is 23.0 Å². The molecule has 20 heavy (non-hydrogen) atoms. The van der Waals surface area contributed by atoms with Crippen LogP contribution >= 0.6 is 15.9 Å². The summed E-state index contributed by atoms with van der Waals surface area (Å²) in [6.45, 7) is 0. The Hall–Kier alpha value is -2.28. The zero-order valence-electron chi connectivity index (χ0n) is 10.5. The fourth-order valence-corrected chi connectivity index (χ4v) is 2.00. The molecule has 0 amide bonds. The van der Waals surface area contributed by atoms with Crippen molar-refractivity contribution in [3.05, 3.63) is 41.1 Å². The van der Waals surface area contributed by atoms with Crippen molar-refractivity contribution in [2.75, 3.05) is 12.4 Å². The normalized spacial score (nSPS) is 10.5. The molecule has 0 saturated heterocycles. The Kier molecular flexibility index (Phi) is 3.42. The van der Waals surface area contributed by atoms with Crippen LogP contribution in [0.15, 0.2) is 45.5 Å². The van der Waals surface area contributed by atoms with E-state index in [1.807, 2.05) is 30.3 Å². The second kappa shape index (κ2) is 5.38. The van der Waals surface area contributed by atoms with Crippen molar-refractivity contribution in [3.63, 3.8) is 0 Å². The van der Waals surface area contributed by atoms with Crippen LogP contribution in [0.1, 0.15) is 0 Å². The van der Waals surface area contributed by atoms with Gasteiger partial charge in [0.1, 0.15) is 4.60 Å². The van der Waals surface area contributed by atoms with Gasteiger partial charge in [0.25, 0.3) is 5.89 Å². The molecule has 0 radical (unpaired) electrons. The number of halogens is 1. The number of aromatic nitrogens is 4. The van der Waals surface area contributed by atoms with Gasteiger partial charge in [0.2, 0.25) is 5.89 Å². The van der Waals surface area contributed by atoms with Crippen LogP contribution in [0.3, 0.4) is 0 Å². The summed E-state index contributed by atoms with van der Waals surface area (Å²) in [5.41, 5.74) is 1.37. The number of anilines is 1. The molecule has 0 spiro atoms. The second-order valence-corrected chi connectivity index (χ2v) is 4.73. The lowest BCUT2D eigenvalue weighted by Crippen LogP contribution is -1.98. The maximum Gasteiger partial charge on any atom is 0.270 e. The zero-order chi connectivity index (χ0) is 13.9. The van der Waals surface area contributed by atoms with E-state index in [-0.39, 0.29) is 0 Å². The summed E-state index contributed by atoms with van der Waals surface area (Å²) < 4.78 is 6.27. The summed E-state index contributed by atoms with van der Waals surface area (Å²) in [7, 11) is 1.76. The lowest BCUT2D eigenvalue weighted by molar-refractivity contribution is 0.582. The van der Waals surface area contributed by atoms with Gasteiger partial charge in [-0.2, -0.15) is 0 Å². The fourth-order valence-electron chi connectivity index (χ4n) is 1.72. The van der Waals surface area contributed by atoms with Crippen LogP contribution in [0, 0.1) is 0 Å². The molecule has 0 atom stereocenters. The van der Waals surface area contributed by atoms with Crippen LogP contribution in [-0.2, 0) is 0 Å². The van der Waals surface area contributed by atoms with Crippen molar-refractivity contribution in [1.82, 2.24) is 20.2 Å². The molecule has 0 saturated carbocycles. The quantitative estimate of drug-likeness (QED) is 0.794. The highest BCUT2D eigenvalue weighted by atomic mass is 79.9. The molecule has 3 rings (SSSR count). The topological polar surface area (TPSA) is 76.7 Å². The van der Waals surface area contributed by atoms with Crippen molar-refractivity contribution < 1.29 is 4.42 Å². The van der Waals surface area contributed by atoms with Gasteiger partial charge in [-0.1, -0.05) is 18.2 Å². The van der Waals surface area contributed by atoms with Gasteiger partial charge < -0.3 is 9.73 Å². The van der Waals surface area contributed by atoms with E-state index in [0.717, 1.165) is 5.56 Å². The van der Waals surface area contributed by atoms with Gasteiger partial charge >= 0.3 is 0 Å². The largest absolute Gasteiger partial charge is 0.414 e. The van der Waals surface area contributed by atoms with Gasteiger partial charge in [-0.05, 0) is 28.1 Å². The molecule has 0 aliphatic heterocycles. The van der Waals surface area contributed by atoms with E-state index >= 15 is 0 Å². The third-order valence-corrected chi connectivity index (χ3v) is 3.01. The summed E-state index contributed by atoms with van der Waals surface area (Å²) in [6, 6.07) is 9.57. The third kappa shape index (κ3) is 2.39. The van der Waals surface area contributed by atoms with Gasteiger partial charge in [-0.15, -0.1) is 10.2 Å². The molecule has 1 N–H and O–H groups in total. The lowest BCUT2D eigenvalue weighted by Gasteiger charge is -2.03. The molecule has 100 valence electrons. The highest BCUT2D eigenvalue weighted by Gasteiger charge is 2.16. The van der Waals surface area contributed by atoms with E-state index in [2.05, 4.69) is 41.4 Å². The molecule has 2 aromatic heterocycles. The molecular weight excluding hydrogens is 322 g/mol. The number of rotatable bonds is 3. The number of hydrogen-bond donors (Lipinski definition) is 1. The molecule has 2 heterocycles. The summed E-state index contributed by atoms with van der Waals surface area (Å²) in [5, 5.41) is 11.0. The average Bonchev–Trinajstić information content (AvgIpc) is 2.98. The van der Waals surface area contributed by atoms with Gasteiger partial charge in [-0.25, -0.2) is 9.97 Å². The van der Waals surface area contributed by atoms with Crippen LogP contribution in [0.4, 0.5) is 5.82 Å². The number of nitrogens with zero attached hydrogens (tertiary/aromatic N) is 4. The predicted octanol–water partition coefficient (Wildman–Crippen LogP) is 3.00. The monoisotopic (exact) mass is 331 g/mol. The highest BCUT2D eigenvalue weighted by Crippen LogP contribution is 2.27. The van der Waals surface area contributed by atoms with Crippen molar-refractivity contribution >= 4 is 21.7 Å². The van der Waals surface area contributed by atoms with Gasteiger partial charge in [0, 0.05) is 12.6 Å². The second-order valence-electron chi connectivity index (χ2n) is 3.92. The smallest absolute Gasteiger partial charge is 0.270 e. The lowest BCUT2D eigenvalue weighted by atomic mass is 10.2. The van der Waals surface area contributed by atoms with E-state index in [9.17, 15) is 0 Å². The molecule has 0 aliphatic rings. The summed E-state index contributed by atoms with van der Waals surface area (Å²) in [5.74, 6) is 1.35. The van der Waals surface area contributed by atoms with Crippen LogP contribution in [-0.4, -0.2) is 27.2 Å². The fraction of sp³-hybridized carbons (Fsp3) is 0.0769. The Balaban J connectivity index is 2.04. The van der Waals surface area contributed by atoms with E-state index in [1.54, 1.807) is 13.2 Å². The predicted molar refractivity (Wildman–Crippen MR) is 78.0 cm³/mol. The number of nitrogens with one attached hydrogen (secondary N) is 1. The zero-order valence-corrected chi connectivity index (χ0v) is 12.1. The Labute approximate surface area is 123 Å². The molecule has 7 heteroatoms. The van der Waals surface area contributed by atoms with Crippen LogP contribution < -0.4 is 5.32 Å². The van der Waals surface area contributed by atoms with Crippen molar-refractivity contribution in [2.24, 2.45) is 0 Å². The van der Waals surface area contributed by atoms with Gasteiger partial charge in [0.15, 0.2) is 11.5 Å². The number of hydrogen-bond acceptors (Lipinski definition) is 6. The Bertz CT molecular complexity index is 729. The van der Waals surface area contributed by atoms with E-state index < -0.39 is 0 Å². The first-order valence-electron chi connectivity index (χ1n) is 5.87. The van der Waals surface area contributed by atoms with Gasteiger partial charge in [-0.3, -0.25) is 0 Å². The average molecular weight is 332 g/mol. The molecule has 6 nitrogen and oxygen atoms in total. The van der Waals surface area contributed by atoms with Crippen molar-refractivity contribution in [2.45, 2.75) is 0 Å². The molecule has 1 aromatic carbocycles. The Morgan fingerprint density at radius 3 is 2.60 bits per heavy atom. The number of benzene rings is 1. The van der Waals surface area contributed by atoms with Crippen molar-refractivity contribution in [3.8, 4) is 23.0 Å². The molecule has 3 aromatic rings. The maximum absolute atomic E-state index is 5.67. The van der Waals surface area contributed by atoms with Crippen molar-refractivity contribution in [1.29, 1.82) is 0 Å². The first kappa shape index (κ1) is 12.7.